The Morgan fingerprint density at radius 3 is 2.19 bits per heavy atom. The molecular weight excluding hydrogens is 260 g/mol. The largest absolute Gasteiger partial charge is 0.399 e. The van der Waals surface area contributed by atoms with E-state index in [9.17, 15) is 4.79 Å². The number of carbonyl (C=O) groups is 1. The van der Waals surface area contributed by atoms with Gasteiger partial charge in [-0.05, 0) is 56.2 Å². The molecule has 0 radical (unpaired) electrons. The van der Waals surface area contributed by atoms with Crippen LogP contribution in [-0.4, -0.2) is 23.9 Å². The summed E-state index contributed by atoms with van der Waals surface area (Å²) in [5, 5.41) is 0. The maximum absolute atomic E-state index is 12.9. The van der Waals surface area contributed by atoms with Crippen molar-refractivity contribution in [1.29, 1.82) is 0 Å². The highest BCUT2D eigenvalue weighted by molar-refractivity contribution is 5.87. The third-order valence-electron chi connectivity index (χ3n) is 4.94. The number of amides is 1. The van der Waals surface area contributed by atoms with Gasteiger partial charge in [-0.2, -0.15) is 0 Å². The van der Waals surface area contributed by atoms with Gasteiger partial charge in [-0.15, -0.1) is 0 Å². The first-order valence-corrected chi connectivity index (χ1v) is 7.97. The highest BCUT2D eigenvalue weighted by Crippen LogP contribution is 2.30. The van der Waals surface area contributed by atoms with Crippen LogP contribution in [0.1, 0.15) is 46.1 Å². The van der Waals surface area contributed by atoms with Gasteiger partial charge in [0.15, 0.2) is 0 Å². The molecule has 0 atom stereocenters. The predicted octanol–water partition coefficient (Wildman–Crippen LogP) is 3.44. The molecule has 0 aliphatic carbocycles. The third-order valence-corrected chi connectivity index (χ3v) is 4.94. The Hall–Kier alpha value is -1.51. The Kier molecular flexibility index (Phi) is 4.60. The van der Waals surface area contributed by atoms with Crippen molar-refractivity contribution in [2.75, 3.05) is 18.8 Å². The van der Waals surface area contributed by atoms with Crippen LogP contribution in [0, 0.1) is 11.8 Å². The zero-order valence-electron chi connectivity index (χ0n) is 13.7. The minimum Gasteiger partial charge on any atom is -0.399 e. The van der Waals surface area contributed by atoms with Crippen LogP contribution in [0.2, 0.25) is 0 Å². The Labute approximate surface area is 128 Å². The second-order valence-corrected chi connectivity index (χ2v) is 7.12. The maximum atomic E-state index is 12.9. The highest BCUT2D eigenvalue weighted by Gasteiger charge is 2.35. The molecule has 3 heteroatoms. The van der Waals surface area contributed by atoms with Crippen LogP contribution in [0.3, 0.4) is 0 Å². The second-order valence-electron chi connectivity index (χ2n) is 7.12. The molecule has 21 heavy (non-hydrogen) atoms. The average molecular weight is 288 g/mol. The van der Waals surface area contributed by atoms with E-state index in [0.29, 0.717) is 5.92 Å². The fourth-order valence-corrected chi connectivity index (χ4v) is 3.19. The quantitative estimate of drug-likeness (QED) is 0.866. The van der Waals surface area contributed by atoms with Crippen molar-refractivity contribution >= 4 is 11.6 Å². The molecule has 2 N–H and O–H groups in total. The van der Waals surface area contributed by atoms with Crippen LogP contribution in [0.15, 0.2) is 24.3 Å². The molecule has 1 saturated heterocycles. The highest BCUT2D eigenvalue weighted by atomic mass is 16.2. The normalized spacial score (nSPS) is 17.3. The summed E-state index contributed by atoms with van der Waals surface area (Å²) in [5.74, 6) is 1.70. The summed E-state index contributed by atoms with van der Waals surface area (Å²) in [6.07, 6.45) is 2.25. The number of benzene rings is 1. The molecule has 1 aliphatic rings. The molecular formula is C18H28N2O. The Bertz CT molecular complexity index is 482. The van der Waals surface area contributed by atoms with Gasteiger partial charge in [0.25, 0.3) is 0 Å². The average Bonchev–Trinajstić information content (AvgIpc) is 2.47. The molecule has 0 unspecified atom stereocenters. The molecule has 116 valence electrons. The number of likely N-dealkylation sites (tertiary alicyclic amines) is 1. The third kappa shape index (κ3) is 3.39. The Balaban J connectivity index is 2.07. The predicted molar refractivity (Wildman–Crippen MR) is 88.0 cm³/mol. The molecule has 0 aromatic heterocycles. The molecule has 1 amide bonds. The van der Waals surface area contributed by atoms with E-state index in [4.69, 9.17) is 5.73 Å². The lowest BCUT2D eigenvalue weighted by Crippen LogP contribution is -2.47. The van der Waals surface area contributed by atoms with Crippen molar-refractivity contribution < 1.29 is 4.79 Å². The summed E-state index contributed by atoms with van der Waals surface area (Å²) >= 11 is 0. The van der Waals surface area contributed by atoms with E-state index in [2.05, 4.69) is 13.8 Å². The molecule has 1 aliphatic heterocycles. The number of anilines is 1. The SMILES string of the molecule is CC(C)C1CCN(C(=O)C(C)(C)c2ccc(N)cc2)CC1. The van der Waals surface area contributed by atoms with E-state index in [1.807, 2.05) is 43.0 Å². The van der Waals surface area contributed by atoms with Crippen LogP contribution in [0.4, 0.5) is 5.69 Å². The lowest BCUT2D eigenvalue weighted by molar-refractivity contribution is -0.137. The van der Waals surface area contributed by atoms with Gasteiger partial charge < -0.3 is 10.6 Å². The van der Waals surface area contributed by atoms with Crippen molar-refractivity contribution in [1.82, 2.24) is 4.90 Å². The lowest BCUT2D eigenvalue weighted by Gasteiger charge is -2.38. The van der Waals surface area contributed by atoms with Gasteiger partial charge in [0, 0.05) is 18.8 Å². The van der Waals surface area contributed by atoms with E-state index >= 15 is 0 Å². The van der Waals surface area contributed by atoms with E-state index < -0.39 is 5.41 Å². The van der Waals surface area contributed by atoms with Crippen LogP contribution in [0.5, 0.6) is 0 Å². The van der Waals surface area contributed by atoms with Gasteiger partial charge in [-0.1, -0.05) is 26.0 Å². The summed E-state index contributed by atoms with van der Waals surface area (Å²) in [6.45, 7) is 10.4. The summed E-state index contributed by atoms with van der Waals surface area (Å²) < 4.78 is 0. The minimum atomic E-state index is -0.488. The molecule has 3 nitrogen and oxygen atoms in total. The number of hydrogen-bond acceptors (Lipinski definition) is 2. The Morgan fingerprint density at radius 2 is 1.71 bits per heavy atom. The summed E-state index contributed by atoms with van der Waals surface area (Å²) in [5.41, 5.74) is 7.02. The number of nitrogen functional groups attached to an aromatic ring is 1. The summed E-state index contributed by atoms with van der Waals surface area (Å²) in [7, 11) is 0. The lowest BCUT2D eigenvalue weighted by atomic mass is 9.81. The van der Waals surface area contributed by atoms with Gasteiger partial charge in [-0.25, -0.2) is 0 Å². The van der Waals surface area contributed by atoms with Gasteiger partial charge in [0.1, 0.15) is 0 Å². The molecule has 0 bridgehead atoms. The standard InChI is InChI=1S/C18H28N2O/c1-13(2)14-9-11-20(12-10-14)17(21)18(3,4)15-5-7-16(19)8-6-15/h5-8,13-14H,9-12,19H2,1-4H3. The zero-order valence-corrected chi connectivity index (χ0v) is 13.7. The van der Waals surface area contributed by atoms with Crippen molar-refractivity contribution in [3.63, 3.8) is 0 Å². The van der Waals surface area contributed by atoms with Gasteiger partial charge in [-0.3, -0.25) is 4.79 Å². The molecule has 0 spiro atoms. The monoisotopic (exact) mass is 288 g/mol. The number of hydrogen-bond donors (Lipinski definition) is 1. The molecule has 2 rings (SSSR count). The molecule has 1 aromatic rings. The topological polar surface area (TPSA) is 46.3 Å². The van der Waals surface area contributed by atoms with Gasteiger partial charge in [0.05, 0.1) is 5.41 Å². The van der Waals surface area contributed by atoms with E-state index in [-0.39, 0.29) is 5.91 Å². The Morgan fingerprint density at radius 1 is 1.19 bits per heavy atom. The van der Waals surface area contributed by atoms with Crippen molar-refractivity contribution in [3.8, 4) is 0 Å². The van der Waals surface area contributed by atoms with Gasteiger partial charge >= 0.3 is 0 Å². The molecule has 1 aromatic carbocycles. The first-order valence-electron chi connectivity index (χ1n) is 7.97. The van der Waals surface area contributed by atoms with Crippen molar-refractivity contribution in [3.05, 3.63) is 29.8 Å². The summed E-state index contributed by atoms with van der Waals surface area (Å²) in [6, 6.07) is 7.67. The van der Waals surface area contributed by atoms with Crippen LogP contribution < -0.4 is 5.73 Å². The van der Waals surface area contributed by atoms with Crippen molar-refractivity contribution in [2.24, 2.45) is 11.8 Å². The number of nitrogens with zero attached hydrogens (tertiary/aromatic N) is 1. The second kappa shape index (κ2) is 6.08. The maximum Gasteiger partial charge on any atom is 0.232 e. The summed E-state index contributed by atoms with van der Waals surface area (Å²) in [4.78, 5) is 14.9. The number of nitrogens with two attached hydrogens (primary N) is 1. The van der Waals surface area contributed by atoms with E-state index in [0.717, 1.165) is 43.1 Å². The molecule has 1 fully saturated rings. The fraction of sp³-hybridized carbons (Fsp3) is 0.611. The van der Waals surface area contributed by atoms with E-state index in [1.165, 1.54) is 0 Å². The van der Waals surface area contributed by atoms with E-state index in [1.54, 1.807) is 0 Å². The fourth-order valence-electron chi connectivity index (χ4n) is 3.19. The van der Waals surface area contributed by atoms with Crippen LogP contribution >= 0.6 is 0 Å². The smallest absolute Gasteiger partial charge is 0.232 e. The molecule has 0 saturated carbocycles. The first kappa shape index (κ1) is 15.9. The van der Waals surface area contributed by atoms with Crippen LogP contribution in [-0.2, 0) is 10.2 Å². The number of carbonyl (C=O) groups excluding carboxylic acids is 1. The van der Waals surface area contributed by atoms with Gasteiger partial charge in [0.2, 0.25) is 5.91 Å². The minimum absolute atomic E-state index is 0.231. The van der Waals surface area contributed by atoms with Crippen molar-refractivity contribution in [2.45, 2.75) is 46.0 Å². The first-order chi connectivity index (χ1) is 9.82. The van der Waals surface area contributed by atoms with Crippen LogP contribution in [0.25, 0.3) is 0 Å². The number of rotatable bonds is 3. The molecule has 1 heterocycles. The zero-order chi connectivity index (χ0) is 15.6. The number of piperidine rings is 1.